The molecule has 0 radical (unpaired) electrons. The fourth-order valence-electron chi connectivity index (χ4n) is 2.42. The smallest absolute Gasteiger partial charge is 0.307 e. The van der Waals surface area contributed by atoms with Crippen LogP contribution in [0.5, 0.6) is 5.75 Å². The van der Waals surface area contributed by atoms with Crippen molar-refractivity contribution in [1.82, 2.24) is 9.97 Å². The van der Waals surface area contributed by atoms with E-state index in [2.05, 4.69) is 9.97 Å². The number of ether oxygens (including phenoxy) is 1. The quantitative estimate of drug-likeness (QED) is 0.745. The minimum absolute atomic E-state index is 0.00731. The van der Waals surface area contributed by atoms with Gasteiger partial charge in [0.1, 0.15) is 12.4 Å². The van der Waals surface area contributed by atoms with Gasteiger partial charge >= 0.3 is 5.97 Å². The van der Waals surface area contributed by atoms with Crippen LogP contribution in [0.3, 0.4) is 0 Å². The van der Waals surface area contributed by atoms with Crippen LogP contribution in [0.25, 0.3) is 11.4 Å². The molecule has 5 nitrogen and oxygen atoms in total. The van der Waals surface area contributed by atoms with Crippen LogP contribution in [0.1, 0.15) is 17.0 Å². The van der Waals surface area contributed by atoms with Crippen molar-refractivity contribution in [2.45, 2.75) is 20.0 Å². The molecule has 0 fully saturated rings. The minimum Gasteiger partial charge on any atom is -0.487 e. The van der Waals surface area contributed by atoms with Crippen molar-refractivity contribution in [3.8, 4) is 17.1 Å². The Morgan fingerprint density at radius 3 is 2.32 bits per heavy atom. The molecule has 3 rings (SSSR count). The van der Waals surface area contributed by atoms with Gasteiger partial charge in [-0.25, -0.2) is 4.98 Å². The van der Waals surface area contributed by atoms with Crippen molar-refractivity contribution in [2.75, 3.05) is 0 Å². The number of hydrogen-bond donors (Lipinski definition) is 1. The number of pyridine rings is 2. The first-order valence-corrected chi connectivity index (χ1v) is 7.94. The molecule has 2 aromatic heterocycles. The summed E-state index contributed by atoms with van der Waals surface area (Å²) in [5, 5.41) is 8.78. The molecule has 1 N–H and O–H groups in total. The highest BCUT2D eigenvalue weighted by Crippen LogP contribution is 2.17. The summed E-state index contributed by atoms with van der Waals surface area (Å²) in [5.74, 6) is -0.172. The summed E-state index contributed by atoms with van der Waals surface area (Å²) in [6, 6.07) is 18.6. The van der Waals surface area contributed by atoms with Gasteiger partial charge in [-0.2, -0.15) is 0 Å². The van der Waals surface area contributed by atoms with Crippen molar-refractivity contribution < 1.29 is 14.6 Å². The number of aliphatic carboxylic acids is 1. The van der Waals surface area contributed by atoms with E-state index in [1.54, 1.807) is 24.3 Å². The molecule has 0 atom stereocenters. The van der Waals surface area contributed by atoms with E-state index in [1.165, 1.54) is 0 Å². The maximum atomic E-state index is 10.7. The van der Waals surface area contributed by atoms with Crippen molar-refractivity contribution >= 4 is 5.97 Å². The summed E-state index contributed by atoms with van der Waals surface area (Å²) in [4.78, 5) is 19.8. The number of aryl methyl sites for hydroxylation is 1. The van der Waals surface area contributed by atoms with E-state index in [0.717, 1.165) is 28.3 Å². The monoisotopic (exact) mass is 334 g/mol. The van der Waals surface area contributed by atoms with Gasteiger partial charge in [0.15, 0.2) is 0 Å². The number of carboxylic acid groups (broad SMARTS) is 1. The fourth-order valence-corrected chi connectivity index (χ4v) is 2.42. The molecule has 126 valence electrons. The largest absolute Gasteiger partial charge is 0.487 e. The van der Waals surface area contributed by atoms with Crippen LogP contribution in [0.2, 0.25) is 0 Å². The van der Waals surface area contributed by atoms with Crippen molar-refractivity contribution in [3.63, 3.8) is 0 Å². The molecule has 0 aliphatic rings. The van der Waals surface area contributed by atoms with Crippen LogP contribution in [-0.4, -0.2) is 21.0 Å². The van der Waals surface area contributed by atoms with Crippen LogP contribution in [0.4, 0.5) is 0 Å². The predicted octanol–water partition coefficient (Wildman–Crippen LogP) is 3.66. The van der Waals surface area contributed by atoms with E-state index in [4.69, 9.17) is 9.84 Å². The highest BCUT2D eigenvalue weighted by atomic mass is 16.5. The summed E-state index contributed by atoms with van der Waals surface area (Å²) in [6.07, 6.45) is 0.00731. The molecule has 0 amide bonds. The Morgan fingerprint density at radius 1 is 0.960 bits per heavy atom. The first-order valence-electron chi connectivity index (χ1n) is 7.94. The first kappa shape index (κ1) is 16.6. The average Bonchev–Trinajstić information content (AvgIpc) is 2.61. The Bertz CT molecular complexity index is 876. The molecule has 3 aromatic rings. The highest BCUT2D eigenvalue weighted by Gasteiger charge is 2.05. The van der Waals surface area contributed by atoms with Gasteiger partial charge in [-0.1, -0.05) is 24.3 Å². The summed E-state index contributed by atoms with van der Waals surface area (Å²) in [5.41, 5.74) is 4.13. The van der Waals surface area contributed by atoms with E-state index < -0.39 is 5.97 Å². The zero-order chi connectivity index (χ0) is 17.6. The van der Waals surface area contributed by atoms with Crippen molar-refractivity contribution in [1.29, 1.82) is 0 Å². The summed E-state index contributed by atoms with van der Waals surface area (Å²) >= 11 is 0. The molecule has 2 heterocycles. The zero-order valence-corrected chi connectivity index (χ0v) is 13.8. The van der Waals surface area contributed by atoms with Crippen LogP contribution in [0, 0.1) is 6.92 Å². The van der Waals surface area contributed by atoms with E-state index in [9.17, 15) is 4.79 Å². The lowest BCUT2D eigenvalue weighted by Crippen LogP contribution is -2.01. The lowest BCUT2D eigenvalue weighted by molar-refractivity contribution is -0.136. The van der Waals surface area contributed by atoms with Crippen LogP contribution in [0.15, 0.2) is 60.7 Å². The van der Waals surface area contributed by atoms with E-state index in [0.29, 0.717) is 12.4 Å². The topological polar surface area (TPSA) is 72.3 Å². The lowest BCUT2D eigenvalue weighted by Gasteiger charge is -2.08. The second kappa shape index (κ2) is 7.57. The van der Waals surface area contributed by atoms with E-state index >= 15 is 0 Å². The third-order valence-electron chi connectivity index (χ3n) is 3.62. The Morgan fingerprint density at radius 2 is 1.64 bits per heavy atom. The molecule has 5 heteroatoms. The normalized spacial score (nSPS) is 10.4. The summed E-state index contributed by atoms with van der Waals surface area (Å²) in [6.45, 7) is 2.28. The van der Waals surface area contributed by atoms with Gasteiger partial charge < -0.3 is 9.84 Å². The molecule has 0 saturated carbocycles. The molecule has 0 aliphatic carbocycles. The third-order valence-corrected chi connectivity index (χ3v) is 3.62. The second-order valence-corrected chi connectivity index (χ2v) is 5.68. The van der Waals surface area contributed by atoms with E-state index in [1.807, 2.05) is 43.3 Å². The Labute approximate surface area is 146 Å². The van der Waals surface area contributed by atoms with Crippen molar-refractivity contribution in [2.24, 2.45) is 0 Å². The number of rotatable bonds is 6. The average molecular weight is 334 g/mol. The number of nitrogens with zero attached hydrogens (tertiary/aromatic N) is 2. The first-order chi connectivity index (χ1) is 12.1. The zero-order valence-electron chi connectivity index (χ0n) is 13.8. The molecule has 1 aromatic carbocycles. The Balaban J connectivity index is 1.67. The van der Waals surface area contributed by atoms with Gasteiger partial charge in [0.05, 0.1) is 23.5 Å². The predicted molar refractivity (Wildman–Crippen MR) is 94.3 cm³/mol. The Hall–Kier alpha value is -3.21. The molecule has 0 saturated heterocycles. The molecular weight excluding hydrogens is 316 g/mol. The lowest BCUT2D eigenvalue weighted by atomic mass is 10.1. The maximum absolute atomic E-state index is 10.7. The Kier molecular flexibility index (Phi) is 5.04. The number of carboxylic acids is 1. The molecule has 25 heavy (non-hydrogen) atoms. The van der Waals surface area contributed by atoms with Gasteiger partial charge in [-0.15, -0.1) is 0 Å². The van der Waals surface area contributed by atoms with Crippen LogP contribution in [-0.2, 0) is 17.8 Å². The highest BCUT2D eigenvalue weighted by molar-refractivity contribution is 5.70. The summed E-state index contributed by atoms with van der Waals surface area (Å²) < 4.78 is 5.74. The van der Waals surface area contributed by atoms with Gasteiger partial charge in [0.25, 0.3) is 0 Å². The minimum atomic E-state index is -0.848. The molecule has 0 aliphatic heterocycles. The van der Waals surface area contributed by atoms with E-state index in [-0.39, 0.29) is 6.42 Å². The maximum Gasteiger partial charge on any atom is 0.307 e. The number of aromatic nitrogens is 2. The van der Waals surface area contributed by atoms with Gasteiger partial charge in [0.2, 0.25) is 0 Å². The third kappa shape index (κ3) is 4.64. The number of carbonyl (C=O) groups is 1. The molecule has 0 bridgehead atoms. The molecule has 0 spiro atoms. The number of hydrogen-bond acceptors (Lipinski definition) is 4. The van der Waals surface area contributed by atoms with Gasteiger partial charge in [-0.05, 0) is 48.9 Å². The van der Waals surface area contributed by atoms with Gasteiger partial charge in [0, 0.05) is 5.69 Å². The second-order valence-electron chi connectivity index (χ2n) is 5.68. The molecule has 0 unspecified atom stereocenters. The fraction of sp³-hybridized carbons (Fsp3) is 0.150. The summed E-state index contributed by atoms with van der Waals surface area (Å²) in [7, 11) is 0. The number of benzene rings is 1. The standard InChI is InChI=1S/C20H18N2O3/c1-14-4-2-6-18(21-14)19-7-3-5-16(22-19)13-25-17-10-8-15(9-11-17)12-20(23)24/h2-11H,12-13H2,1H3,(H,23,24). The SMILES string of the molecule is Cc1cccc(-c2cccc(COc3ccc(CC(=O)O)cc3)n2)n1. The molecular formula is C20H18N2O3. The van der Waals surface area contributed by atoms with Crippen LogP contribution < -0.4 is 4.74 Å². The van der Waals surface area contributed by atoms with Crippen LogP contribution >= 0.6 is 0 Å². The van der Waals surface area contributed by atoms with Gasteiger partial charge in [-0.3, -0.25) is 9.78 Å². The van der Waals surface area contributed by atoms with Crippen molar-refractivity contribution in [3.05, 3.63) is 77.6 Å².